The topological polar surface area (TPSA) is 33.2 Å². The third-order valence-corrected chi connectivity index (χ3v) is 6.51. The van der Waals surface area contributed by atoms with Gasteiger partial charge in [-0.3, -0.25) is 4.79 Å². The number of aromatic nitrogens is 1. The molecule has 0 spiro atoms. The Kier molecular flexibility index (Phi) is 4.54. The van der Waals surface area contributed by atoms with Gasteiger partial charge in [-0.05, 0) is 30.5 Å². The quantitative estimate of drug-likeness (QED) is 0.634. The van der Waals surface area contributed by atoms with Crippen LogP contribution in [0, 0.1) is 0 Å². The molecule has 24 heavy (non-hydrogen) atoms. The van der Waals surface area contributed by atoms with Crippen molar-refractivity contribution in [2.24, 2.45) is 0 Å². The van der Waals surface area contributed by atoms with Crippen molar-refractivity contribution in [3.63, 3.8) is 0 Å². The first-order valence-corrected chi connectivity index (χ1v) is 9.94. The van der Waals surface area contributed by atoms with E-state index < -0.39 is 0 Å². The number of benzene rings is 2. The smallest absolute Gasteiger partial charge is 0.233 e. The zero-order valence-electron chi connectivity index (χ0n) is 13.2. The largest absolute Gasteiger partial charge is 0.335 e. The van der Waals surface area contributed by atoms with Crippen molar-refractivity contribution >= 4 is 39.2 Å². The van der Waals surface area contributed by atoms with Crippen molar-refractivity contribution in [2.45, 2.75) is 23.2 Å². The molecule has 1 aromatic heterocycles. The van der Waals surface area contributed by atoms with Gasteiger partial charge in [0.2, 0.25) is 5.91 Å². The third-order valence-electron chi connectivity index (χ3n) is 4.35. The van der Waals surface area contributed by atoms with E-state index >= 15 is 0 Å². The van der Waals surface area contributed by atoms with E-state index in [9.17, 15) is 4.79 Å². The number of thioether (sulfide) groups is 1. The molecule has 3 aromatic rings. The number of likely N-dealkylation sites (tertiary alicyclic amines) is 1. The number of carbonyl (C=O) groups excluding carboxylic acids is 1. The van der Waals surface area contributed by atoms with Gasteiger partial charge in [0.05, 0.1) is 22.0 Å². The summed E-state index contributed by atoms with van der Waals surface area (Å²) < 4.78 is 2.15. The van der Waals surface area contributed by atoms with E-state index in [1.165, 1.54) is 10.3 Å². The number of fused-ring (bicyclic) bond motifs is 1. The molecular formula is C19H18N2OS2. The molecule has 0 bridgehead atoms. The zero-order valence-corrected chi connectivity index (χ0v) is 14.9. The van der Waals surface area contributed by atoms with Crippen molar-refractivity contribution in [2.75, 3.05) is 12.3 Å². The molecule has 4 rings (SSSR count). The van der Waals surface area contributed by atoms with E-state index in [1.54, 1.807) is 23.1 Å². The highest BCUT2D eigenvalue weighted by molar-refractivity contribution is 8.01. The van der Waals surface area contributed by atoms with Crippen molar-refractivity contribution in [1.29, 1.82) is 0 Å². The van der Waals surface area contributed by atoms with Crippen LogP contribution in [0.4, 0.5) is 0 Å². The minimum Gasteiger partial charge on any atom is -0.335 e. The van der Waals surface area contributed by atoms with E-state index in [2.05, 4.69) is 23.2 Å². The molecule has 0 saturated carbocycles. The minimum atomic E-state index is 0.214. The van der Waals surface area contributed by atoms with E-state index in [1.807, 2.05) is 41.3 Å². The summed E-state index contributed by atoms with van der Waals surface area (Å²) in [7, 11) is 0. The van der Waals surface area contributed by atoms with Crippen LogP contribution in [0.1, 0.15) is 24.4 Å². The van der Waals surface area contributed by atoms with Gasteiger partial charge in [0, 0.05) is 6.54 Å². The molecule has 2 aromatic carbocycles. The Bertz CT molecular complexity index is 814. The zero-order chi connectivity index (χ0) is 16.4. The molecule has 0 radical (unpaired) electrons. The fourth-order valence-electron chi connectivity index (χ4n) is 3.21. The molecule has 1 aliphatic rings. The summed E-state index contributed by atoms with van der Waals surface area (Å²) in [6.45, 7) is 0.860. The Hall–Kier alpha value is -1.85. The number of thiazole rings is 1. The molecule has 122 valence electrons. The van der Waals surface area contributed by atoms with Gasteiger partial charge < -0.3 is 4.90 Å². The lowest BCUT2D eigenvalue weighted by molar-refractivity contribution is -0.129. The number of carbonyl (C=O) groups is 1. The number of nitrogens with zero attached hydrogens (tertiary/aromatic N) is 2. The van der Waals surface area contributed by atoms with Crippen LogP contribution >= 0.6 is 23.1 Å². The normalized spacial score (nSPS) is 17.5. The van der Waals surface area contributed by atoms with Gasteiger partial charge in [0.25, 0.3) is 0 Å². The number of para-hydroxylation sites is 1. The first-order valence-electron chi connectivity index (χ1n) is 8.14. The van der Waals surface area contributed by atoms with Crippen molar-refractivity contribution in [1.82, 2.24) is 9.88 Å². The molecule has 1 fully saturated rings. The second-order valence-electron chi connectivity index (χ2n) is 5.89. The summed E-state index contributed by atoms with van der Waals surface area (Å²) >= 11 is 3.21. The van der Waals surface area contributed by atoms with Crippen LogP contribution in [0.5, 0.6) is 0 Å². The summed E-state index contributed by atoms with van der Waals surface area (Å²) in [4.78, 5) is 19.3. The van der Waals surface area contributed by atoms with Gasteiger partial charge in [0.1, 0.15) is 0 Å². The fourth-order valence-corrected chi connectivity index (χ4v) is 5.16. The van der Waals surface area contributed by atoms with Gasteiger partial charge in [-0.2, -0.15) is 0 Å². The Morgan fingerprint density at radius 1 is 1.17 bits per heavy atom. The van der Waals surface area contributed by atoms with Crippen LogP contribution in [-0.4, -0.2) is 28.1 Å². The average molecular weight is 355 g/mol. The molecule has 5 heteroatoms. The van der Waals surface area contributed by atoms with E-state index in [0.29, 0.717) is 5.75 Å². The van der Waals surface area contributed by atoms with Crippen LogP contribution in [-0.2, 0) is 4.79 Å². The van der Waals surface area contributed by atoms with Crippen LogP contribution in [0.3, 0.4) is 0 Å². The van der Waals surface area contributed by atoms with Crippen molar-refractivity contribution in [3.8, 4) is 0 Å². The van der Waals surface area contributed by atoms with Gasteiger partial charge in [-0.15, -0.1) is 11.3 Å². The van der Waals surface area contributed by atoms with Gasteiger partial charge in [-0.25, -0.2) is 4.98 Å². The molecule has 3 nitrogen and oxygen atoms in total. The summed E-state index contributed by atoms with van der Waals surface area (Å²) in [6, 6.07) is 18.7. The molecule has 0 N–H and O–H groups in total. The second-order valence-corrected chi connectivity index (χ2v) is 8.15. The lowest BCUT2D eigenvalue weighted by atomic mass is 10.0. The fraction of sp³-hybridized carbons (Fsp3) is 0.263. The molecular weight excluding hydrogens is 336 g/mol. The van der Waals surface area contributed by atoms with Crippen LogP contribution < -0.4 is 0 Å². The third kappa shape index (κ3) is 3.19. The van der Waals surface area contributed by atoms with Gasteiger partial charge in [-0.1, -0.05) is 54.2 Å². The monoisotopic (exact) mass is 354 g/mol. The highest BCUT2D eigenvalue weighted by Crippen LogP contribution is 2.34. The van der Waals surface area contributed by atoms with Crippen LogP contribution in [0.2, 0.25) is 0 Å². The summed E-state index contributed by atoms with van der Waals surface area (Å²) in [5.74, 6) is 0.675. The molecule has 0 aliphatic carbocycles. The van der Waals surface area contributed by atoms with Crippen molar-refractivity contribution in [3.05, 3.63) is 60.2 Å². The maximum Gasteiger partial charge on any atom is 0.233 e. The Balaban J connectivity index is 1.43. The Morgan fingerprint density at radius 3 is 2.79 bits per heavy atom. The SMILES string of the molecule is O=C(CSc1nc2ccccc2s1)N1CCCC1c1ccccc1. The second kappa shape index (κ2) is 6.95. The van der Waals surface area contributed by atoms with Crippen molar-refractivity contribution < 1.29 is 4.79 Å². The molecule has 1 aliphatic heterocycles. The first kappa shape index (κ1) is 15.7. The van der Waals surface area contributed by atoms with E-state index in [4.69, 9.17) is 0 Å². The summed E-state index contributed by atoms with van der Waals surface area (Å²) in [5, 5.41) is 0. The maximum absolute atomic E-state index is 12.7. The molecule has 2 heterocycles. The van der Waals surface area contributed by atoms with Gasteiger partial charge in [0.15, 0.2) is 4.34 Å². The van der Waals surface area contributed by atoms with E-state index in [0.717, 1.165) is 29.2 Å². The minimum absolute atomic E-state index is 0.214. The van der Waals surface area contributed by atoms with Gasteiger partial charge >= 0.3 is 0 Å². The van der Waals surface area contributed by atoms with Crippen LogP contribution in [0.25, 0.3) is 10.2 Å². The standard InChI is InChI=1S/C19H18N2OS2/c22-18(13-23-19-20-15-9-4-5-11-17(15)24-19)21-12-6-10-16(21)14-7-2-1-3-8-14/h1-5,7-9,11,16H,6,10,12-13H2. The number of rotatable bonds is 4. The number of hydrogen-bond acceptors (Lipinski definition) is 4. The lowest BCUT2D eigenvalue weighted by Gasteiger charge is -2.24. The average Bonchev–Trinajstić information content (AvgIpc) is 3.27. The Labute approximate surface area is 149 Å². The molecule has 1 unspecified atom stereocenters. The van der Waals surface area contributed by atoms with Crippen LogP contribution in [0.15, 0.2) is 58.9 Å². The number of hydrogen-bond donors (Lipinski definition) is 0. The number of amides is 1. The van der Waals surface area contributed by atoms with E-state index in [-0.39, 0.29) is 11.9 Å². The summed E-state index contributed by atoms with van der Waals surface area (Å²) in [6.07, 6.45) is 2.14. The Morgan fingerprint density at radius 2 is 1.96 bits per heavy atom. The predicted octanol–water partition coefficient (Wildman–Crippen LogP) is 4.75. The molecule has 1 amide bonds. The molecule has 1 atom stereocenters. The maximum atomic E-state index is 12.7. The first-order chi connectivity index (χ1) is 11.8. The lowest BCUT2D eigenvalue weighted by Crippen LogP contribution is -2.31. The highest BCUT2D eigenvalue weighted by Gasteiger charge is 2.29. The predicted molar refractivity (Wildman–Crippen MR) is 100 cm³/mol. The highest BCUT2D eigenvalue weighted by atomic mass is 32.2. The summed E-state index contributed by atoms with van der Waals surface area (Å²) in [5.41, 5.74) is 2.26. The molecule has 1 saturated heterocycles.